The average molecular weight is 342 g/mol. The van der Waals surface area contributed by atoms with Gasteiger partial charge in [0.1, 0.15) is 18.1 Å². The zero-order valence-electron chi connectivity index (χ0n) is 15.0. The molecule has 134 valence electrons. The molecule has 2 aromatic carbocycles. The molecule has 1 atom stereocenters. The van der Waals surface area contributed by atoms with E-state index in [1.165, 1.54) is 0 Å². The molecule has 5 heteroatoms. The van der Waals surface area contributed by atoms with Gasteiger partial charge in [-0.2, -0.15) is 0 Å². The van der Waals surface area contributed by atoms with Crippen molar-refractivity contribution in [2.75, 3.05) is 20.3 Å². The number of methoxy groups -OCH3 is 1. The highest BCUT2D eigenvalue weighted by Crippen LogP contribution is 2.12. The Bertz CT molecular complexity index is 671. The van der Waals surface area contributed by atoms with Crippen LogP contribution in [-0.2, 0) is 6.42 Å². The number of aryl methyl sites for hydroxylation is 1. The maximum atomic E-state index is 11.9. The van der Waals surface area contributed by atoms with Crippen molar-refractivity contribution in [2.45, 2.75) is 26.3 Å². The number of rotatable bonds is 8. The van der Waals surface area contributed by atoms with Crippen LogP contribution in [0.4, 0.5) is 4.79 Å². The molecule has 2 amide bonds. The van der Waals surface area contributed by atoms with Gasteiger partial charge in [-0.05, 0) is 55.7 Å². The minimum atomic E-state index is -0.186. The highest BCUT2D eigenvalue weighted by Gasteiger charge is 2.07. The van der Waals surface area contributed by atoms with Gasteiger partial charge in [-0.1, -0.05) is 24.3 Å². The Morgan fingerprint density at radius 1 is 1.12 bits per heavy atom. The van der Waals surface area contributed by atoms with E-state index in [1.807, 2.05) is 62.4 Å². The SMILES string of the molecule is COc1ccc(CCNC(=O)NC(C)COc2cccc(C)c2)cc1. The molecule has 0 aliphatic rings. The Morgan fingerprint density at radius 2 is 1.88 bits per heavy atom. The minimum Gasteiger partial charge on any atom is -0.497 e. The molecule has 0 heterocycles. The first-order valence-electron chi connectivity index (χ1n) is 8.43. The van der Waals surface area contributed by atoms with Gasteiger partial charge in [-0.3, -0.25) is 0 Å². The van der Waals surface area contributed by atoms with Gasteiger partial charge in [0.25, 0.3) is 0 Å². The van der Waals surface area contributed by atoms with Crippen LogP contribution >= 0.6 is 0 Å². The van der Waals surface area contributed by atoms with E-state index >= 15 is 0 Å². The lowest BCUT2D eigenvalue weighted by molar-refractivity contribution is 0.226. The summed E-state index contributed by atoms with van der Waals surface area (Å²) >= 11 is 0. The number of ether oxygens (including phenoxy) is 2. The normalized spacial score (nSPS) is 11.5. The number of carbonyl (C=O) groups is 1. The predicted molar refractivity (Wildman–Crippen MR) is 99.4 cm³/mol. The van der Waals surface area contributed by atoms with Crippen LogP contribution in [0, 0.1) is 6.92 Å². The molecular formula is C20H26N2O3. The molecule has 0 bridgehead atoms. The quantitative estimate of drug-likeness (QED) is 0.774. The molecule has 0 aliphatic heterocycles. The lowest BCUT2D eigenvalue weighted by Crippen LogP contribution is -2.43. The number of hydrogen-bond acceptors (Lipinski definition) is 3. The lowest BCUT2D eigenvalue weighted by Gasteiger charge is -2.16. The monoisotopic (exact) mass is 342 g/mol. The van der Waals surface area contributed by atoms with Crippen molar-refractivity contribution in [3.63, 3.8) is 0 Å². The second-order valence-corrected chi connectivity index (χ2v) is 6.03. The van der Waals surface area contributed by atoms with E-state index in [0.717, 1.165) is 29.0 Å². The Labute approximate surface area is 149 Å². The first-order chi connectivity index (χ1) is 12.1. The fraction of sp³-hybridized carbons (Fsp3) is 0.350. The van der Waals surface area contributed by atoms with Crippen LogP contribution in [0.15, 0.2) is 48.5 Å². The standard InChI is InChI=1S/C20H26N2O3/c1-15-5-4-6-19(13-15)25-14-16(2)22-20(23)21-12-11-17-7-9-18(24-3)10-8-17/h4-10,13,16H,11-12,14H2,1-3H3,(H2,21,22,23). The summed E-state index contributed by atoms with van der Waals surface area (Å²) < 4.78 is 10.8. The molecule has 2 aromatic rings. The molecule has 1 unspecified atom stereocenters. The van der Waals surface area contributed by atoms with E-state index in [4.69, 9.17) is 9.47 Å². The highest BCUT2D eigenvalue weighted by atomic mass is 16.5. The van der Waals surface area contributed by atoms with Crippen molar-refractivity contribution in [1.82, 2.24) is 10.6 Å². The molecule has 2 rings (SSSR count). The molecular weight excluding hydrogens is 316 g/mol. The van der Waals surface area contributed by atoms with Crippen LogP contribution in [0.1, 0.15) is 18.1 Å². The van der Waals surface area contributed by atoms with Gasteiger partial charge in [0.05, 0.1) is 13.2 Å². The summed E-state index contributed by atoms with van der Waals surface area (Å²) in [6.45, 7) is 4.93. The largest absolute Gasteiger partial charge is 0.497 e. The lowest BCUT2D eigenvalue weighted by atomic mass is 10.1. The molecule has 0 saturated carbocycles. The summed E-state index contributed by atoms with van der Waals surface area (Å²) in [5.41, 5.74) is 2.30. The molecule has 0 aliphatic carbocycles. The maximum Gasteiger partial charge on any atom is 0.315 e. The van der Waals surface area contributed by atoms with E-state index in [2.05, 4.69) is 10.6 Å². The van der Waals surface area contributed by atoms with Crippen LogP contribution in [0.3, 0.4) is 0 Å². The van der Waals surface area contributed by atoms with Gasteiger partial charge in [0.15, 0.2) is 0 Å². The van der Waals surface area contributed by atoms with Crippen molar-refractivity contribution < 1.29 is 14.3 Å². The van der Waals surface area contributed by atoms with Crippen molar-refractivity contribution in [2.24, 2.45) is 0 Å². The van der Waals surface area contributed by atoms with Gasteiger partial charge >= 0.3 is 6.03 Å². The Morgan fingerprint density at radius 3 is 2.56 bits per heavy atom. The molecule has 0 aromatic heterocycles. The van der Waals surface area contributed by atoms with Gasteiger partial charge in [-0.15, -0.1) is 0 Å². The molecule has 0 saturated heterocycles. The molecule has 0 fully saturated rings. The number of hydrogen-bond donors (Lipinski definition) is 2. The topological polar surface area (TPSA) is 59.6 Å². The summed E-state index contributed by atoms with van der Waals surface area (Å²) in [5.74, 6) is 1.64. The third-order valence-corrected chi connectivity index (χ3v) is 3.73. The maximum absolute atomic E-state index is 11.9. The molecule has 0 radical (unpaired) electrons. The van der Waals surface area contributed by atoms with Gasteiger partial charge in [-0.25, -0.2) is 4.79 Å². The van der Waals surface area contributed by atoms with Crippen LogP contribution in [0.25, 0.3) is 0 Å². The fourth-order valence-electron chi connectivity index (χ4n) is 2.36. The number of amides is 2. The first-order valence-corrected chi connectivity index (χ1v) is 8.43. The summed E-state index contributed by atoms with van der Waals surface area (Å²) in [4.78, 5) is 11.9. The Kier molecular flexibility index (Phi) is 7.14. The second-order valence-electron chi connectivity index (χ2n) is 6.03. The fourth-order valence-corrected chi connectivity index (χ4v) is 2.36. The summed E-state index contributed by atoms with van der Waals surface area (Å²) in [6.07, 6.45) is 0.769. The van der Waals surface area contributed by atoms with E-state index in [-0.39, 0.29) is 12.1 Å². The van der Waals surface area contributed by atoms with E-state index in [9.17, 15) is 4.79 Å². The summed E-state index contributed by atoms with van der Waals surface area (Å²) in [5, 5.41) is 5.74. The predicted octanol–water partition coefficient (Wildman–Crippen LogP) is 3.31. The molecule has 25 heavy (non-hydrogen) atoms. The molecule has 0 spiro atoms. The van der Waals surface area contributed by atoms with Crippen LogP contribution in [0.5, 0.6) is 11.5 Å². The van der Waals surface area contributed by atoms with E-state index < -0.39 is 0 Å². The van der Waals surface area contributed by atoms with Gasteiger partial charge in [0, 0.05) is 6.54 Å². The number of benzene rings is 2. The van der Waals surface area contributed by atoms with Gasteiger partial charge in [0.2, 0.25) is 0 Å². The average Bonchev–Trinajstić information content (AvgIpc) is 2.60. The zero-order valence-corrected chi connectivity index (χ0v) is 15.0. The Balaban J connectivity index is 1.65. The highest BCUT2D eigenvalue weighted by molar-refractivity contribution is 5.74. The van der Waals surface area contributed by atoms with Crippen LogP contribution in [0.2, 0.25) is 0 Å². The zero-order chi connectivity index (χ0) is 18.1. The van der Waals surface area contributed by atoms with E-state index in [1.54, 1.807) is 7.11 Å². The smallest absolute Gasteiger partial charge is 0.315 e. The van der Waals surface area contributed by atoms with Crippen molar-refractivity contribution >= 4 is 6.03 Å². The first kappa shape index (κ1) is 18.6. The third-order valence-electron chi connectivity index (χ3n) is 3.73. The third kappa shape index (κ3) is 6.75. The second kappa shape index (κ2) is 9.57. The minimum absolute atomic E-state index is 0.0819. The molecule has 5 nitrogen and oxygen atoms in total. The van der Waals surface area contributed by atoms with Crippen LogP contribution in [-0.4, -0.2) is 32.3 Å². The van der Waals surface area contributed by atoms with Crippen LogP contribution < -0.4 is 20.1 Å². The van der Waals surface area contributed by atoms with Crippen molar-refractivity contribution in [1.29, 1.82) is 0 Å². The number of urea groups is 1. The van der Waals surface area contributed by atoms with Crippen molar-refractivity contribution in [3.8, 4) is 11.5 Å². The molecule has 2 N–H and O–H groups in total. The summed E-state index contributed by atoms with van der Waals surface area (Å²) in [7, 11) is 1.64. The van der Waals surface area contributed by atoms with Gasteiger partial charge < -0.3 is 20.1 Å². The Hall–Kier alpha value is -2.69. The number of carbonyl (C=O) groups excluding carboxylic acids is 1. The summed E-state index contributed by atoms with van der Waals surface area (Å²) in [6, 6.07) is 15.4. The van der Waals surface area contributed by atoms with E-state index in [0.29, 0.717) is 13.2 Å². The number of nitrogens with one attached hydrogen (secondary N) is 2. The van der Waals surface area contributed by atoms with Crippen molar-refractivity contribution in [3.05, 3.63) is 59.7 Å².